The monoisotopic (exact) mass is 250 g/mol. The Hall–Kier alpha value is -1.95. The molecular weight excluding hydrogens is 243 g/mol. The number of halogens is 1. The number of nitrogens with zero attached hydrogens (tertiary/aromatic N) is 1. The summed E-state index contributed by atoms with van der Waals surface area (Å²) in [5.74, 6) is -0.481. The first-order chi connectivity index (χ1) is 8.19. The first kappa shape index (κ1) is 11.5. The third kappa shape index (κ3) is 2.79. The van der Waals surface area contributed by atoms with Crippen LogP contribution in [0, 0.1) is 5.82 Å². The molecule has 0 saturated carbocycles. The van der Waals surface area contributed by atoms with Gasteiger partial charge in [-0.1, -0.05) is 11.8 Å². The smallest absolute Gasteiger partial charge is 0.251 e. The Bertz CT molecular complexity index is 612. The molecule has 1 heterocycles. The first-order valence-electron chi connectivity index (χ1n) is 4.67. The molecule has 1 aromatic heterocycles. The summed E-state index contributed by atoms with van der Waals surface area (Å²) in [4.78, 5) is 28.8. The van der Waals surface area contributed by atoms with Gasteiger partial charge in [-0.25, -0.2) is 9.37 Å². The average Bonchev–Trinajstić information content (AvgIpc) is 2.31. The molecule has 1 aromatic carbocycles. The number of aromatic amines is 1. The van der Waals surface area contributed by atoms with Crippen LogP contribution in [-0.4, -0.2) is 16.3 Å². The second-order valence-electron chi connectivity index (χ2n) is 3.14. The van der Waals surface area contributed by atoms with E-state index < -0.39 is 5.82 Å². The van der Waals surface area contributed by atoms with Crippen molar-refractivity contribution in [1.82, 2.24) is 9.97 Å². The summed E-state index contributed by atoms with van der Waals surface area (Å²) in [5.41, 5.74) is -0.0567. The summed E-state index contributed by atoms with van der Waals surface area (Å²) in [7, 11) is 0. The molecule has 1 N–H and O–H groups in total. The molecule has 4 nitrogen and oxygen atoms in total. The van der Waals surface area contributed by atoms with E-state index in [4.69, 9.17) is 0 Å². The van der Waals surface area contributed by atoms with E-state index in [0.717, 1.165) is 17.8 Å². The number of hydrogen-bond donors (Lipinski definition) is 1. The molecule has 0 aliphatic heterocycles. The van der Waals surface area contributed by atoms with Crippen LogP contribution in [0.1, 0.15) is 10.4 Å². The van der Waals surface area contributed by atoms with Crippen LogP contribution in [0.5, 0.6) is 0 Å². The Morgan fingerprint density at radius 2 is 2.18 bits per heavy atom. The van der Waals surface area contributed by atoms with E-state index in [1.165, 1.54) is 24.4 Å². The quantitative estimate of drug-likeness (QED) is 0.667. The predicted octanol–water partition coefficient (Wildman–Crippen LogP) is 1.87. The van der Waals surface area contributed by atoms with Crippen molar-refractivity contribution in [2.24, 2.45) is 0 Å². The van der Waals surface area contributed by atoms with Gasteiger partial charge in [0.25, 0.3) is 5.56 Å². The van der Waals surface area contributed by atoms with Crippen molar-refractivity contribution >= 4 is 18.0 Å². The van der Waals surface area contributed by atoms with Gasteiger partial charge in [-0.15, -0.1) is 0 Å². The number of carbonyl (C=O) groups excluding carboxylic acids is 1. The van der Waals surface area contributed by atoms with Crippen molar-refractivity contribution in [3.05, 3.63) is 52.2 Å². The van der Waals surface area contributed by atoms with E-state index in [0.29, 0.717) is 16.3 Å². The van der Waals surface area contributed by atoms with E-state index in [1.807, 2.05) is 0 Å². The first-order valence-corrected chi connectivity index (χ1v) is 5.48. The number of aldehydes is 1. The Morgan fingerprint density at radius 3 is 2.88 bits per heavy atom. The van der Waals surface area contributed by atoms with E-state index in [9.17, 15) is 14.0 Å². The summed E-state index contributed by atoms with van der Waals surface area (Å²) in [6.07, 6.45) is 1.93. The zero-order chi connectivity index (χ0) is 12.3. The van der Waals surface area contributed by atoms with E-state index in [1.54, 1.807) is 0 Å². The van der Waals surface area contributed by atoms with Crippen molar-refractivity contribution in [3.8, 4) is 0 Å². The third-order valence-electron chi connectivity index (χ3n) is 1.95. The minimum absolute atomic E-state index is 0.224. The summed E-state index contributed by atoms with van der Waals surface area (Å²) < 4.78 is 12.9. The molecule has 0 amide bonds. The third-order valence-corrected chi connectivity index (χ3v) is 2.95. The Kier molecular flexibility index (Phi) is 3.34. The van der Waals surface area contributed by atoms with Crippen LogP contribution >= 0.6 is 11.8 Å². The summed E-state index contributed by atoms with van der Waals surface area (Å²) in [5, 5.41) is 0.354. The predicted molar refractivity (Wildman–Crippen MR) is 60.8 cm³/mol. The molecule has 0 spiro atoms. The van der Waals surface area contributed by atoms with Crippen LogP contribution in [0.4, 0.5) is 4.39 Å². The number of hydrogen-bond acceptors (Lipinski definition) is 4. The second kappa shape index (κ2) is 4.92. The molecular formula is C11H7FN2O2S. The molecule has 0 atom stereocenters. The lowest BCUT2D eigenvalue weighted by Gasteiger charge is -2.03. The topological polar surface area (TPSA) is 62.8 Å². The molecule has 2 aromatic rings. The molecule has 0 unspecified atom stereocenters. The molecule has 0 aliphatic carbocycles. The fourth-order valence-corrected chi connectivity index (χ4v) is 2.05. The van der Waals surface area contributed by atoms with E-state index in [-0.39, 0.29) is 11.1 Å². The SMILES string of the molecule is O=Cc1cc(F)ccc1Sc1nccc(=O)[nH]1. The van der Waals surface area contributed by atoms with Crippen molar-refractivity contribution in [2.75, 3.05) is 0 Å². The molecule has 86 valence electrons. The van der Waals surface area contributed by atoms with Gasteiger partial charge >= 0.3 is 0 Å². The highest BCUT2D eigenvalue weighted by Gasteiger charge is 2.06. The van der Waals surface area contributed by atoms with Gasteiger partial charge in [0, 0.05) is 22.7 Å². The maximum Gasteiger partial charge on any atom is 0.251 e. The Balaban J connectivity index is 2.36. The van der Waals surface area contributed by atoms with Crippen molar-refractivity contribution in [1.29, 1.82) is 0 Å². The zero-order valence-corrected chi connectivity index (χ0v) is 9.33. The van der Waals surface area contributed by atoms with Gasteiger partial charge in [0.1, 0.15) is 5.82 Å². The van der Waals surface area contributed by atoms with Crippen LogP contribution < -0.4 is 5.56 Å². The fraction of sp³-hybridized carbons (Fsp3) is 0. The minimum Gasteiger partial charge on any atom is -0.301 e. The number of H-pyrrole nitrogens is 1. The van der Waals surface area contributed by atoms with Crippen molar-refractivity contribution in [3.63, 3.8) is 0 Å². The van der Waals surface area contributed by atoms with Gasteiger partial charge in [-0.05, 0) is 18.2 Å². The van der Waals surface area contributed by atoms with Gasteiger partial charge in [0.2, 0.25) is 0 Å². The minimum atomic E-state index is -0.481. The molecule has 17 heavy (non-hydrogen) atoms. The Morgan fingerprint density at radius 1 is 1.35 bits per heavy atom. The van der Waals surface area contributed by atoms with Crippen LogP contribution in [0.3, 0.4) is 0 Å². The van der Waals surface area contributed by atoms with Crippen molar-refractivity contribution < 1.29 is 9.18 Å². The van der Waals surface area contributed by atoms with E-state index >= 15 is 0 Å². The lowest BCUT2D eigenvalue weighted by atomic mass is 10.2. The molecule has 0 bridgehead atoms. The number of benzene rings is 1. The maximum atomic E-state index is 12.9. The average molecular weight is 250 g/mol. The maximum absolute atomic E-state index is 12.9. The van der Waals surface area contributed by atoms with Crippen LogP contribution in [0.15, 0.2) is 45.3 Å². The molecule has 0 aliphatic rings. The fourth-order valence-electron chi connectivity index (χ4n) is 1.21. The molecule has 0 radical (unpaired) electrons. The Labute approximate surface area is 99.9 Å². The normalized spacial score (nSPS) is 10.2. The van der Waals surface area contributed by atoms with Crippen LogP contribution in [0.2, 0.25) is 0 Å². The highest BCUT2D eigenvalue weighted by molar-refractivity contribution is 7.99. The van der Waals surface area contributed by atoms with Gasteiger partial charge in [-0.3, -0.25) is 9.59 Å². The summed E-state index contributed by atoms with van der Waals surface area (Å²) >= 11 is 1.10. The molecule has 6 heteroatoms. The van der Waals surface area contributed by atoms with Crippen LogP contribution in [0.25, 0.3) is 0 Å². The molecule has 0 saturated heterocycles. The number of nitrogens with one attached hydrogen (secondary N) is 1. The second-order valence-corrected chi connectivity index (χ2v) is 4.17. The van der Waals surface area contributed by atoms with Crippen LogP contribution in [-0.2, 0) is 0 Å². The zero-order valence-electron chi connectivity index (χ0n) is 8.51. The van der Waals surface area contributed by atoms with Crippen molar-refractivity contribution in [2.45, 2.75) is 10.1 Å². The van der Waals surface area contributed by atoms with Gasteiger partial charge < -0.3 is 4.98 Å². The molecule has 2 rings (SSSR count). The highest BCUT2D eigenvalue weighted by Crippen LogP contribution is 2.26. The number of carbonyl (C=O) groups is 1. The van der Waals surface area contributed by atoms with E-state index in [2.05, 4.69) is 9.97 Å². The lowest BCUT2D eigenvalue weighted by Crippen LogP contribution is -2.05. The summed E-state index contributed by atoms with van der Waals surface area (Å²) in [6, 6.07) is 5.14. The highest BCUT2D eigenvalue weighted by atomic mass is 32.2. The van der Waals surface area contributed by atoms with Gasteiger partial charge in [-0.2, -0.15) is 0 Å². The molecule has 0 fully saturated rings. The summed E-state index contributed by atoms with van der Waals surface area (Å²) in [6.45, 7) is 0. The standard InChI is InChI=1S/C11H7FN2O2S/c12-8-1-2-9(7(5-8)6-15)17-11-13-4-3-10(16)14-11/h1-6H,(H,13,14,16). The number of rotatable bonds is 3. The van der Waals surface area contributed by atoms with Gasteiger partial charge in [0.05, 0.1) is 0 Å². The largest absolute Gasteiger partial charge is 0.301 e. The van der Waals surface area contributed by atoms with Gasteiger partial charge in [0.15, 0.2) is 11.4 Å². The lowest BCUT2D eigenvalue weighted by molar-refractivity contribution is 0.112. The number of aromatic nitrogens is 2.